The molecular weight excluding hydrogens is 330 g/mol. The second-order valence-electron chi connectivity index (χ2n) is 6.21. The summed E-state index contributed by atoms with van der Waals surface area (Å²) in [5.74, 6) is 0.596. The molecule has 1 heterocycles. The molecule has 0 amide bonds. The van der Waals surface area contributed by atoms with Gasteiger partial charge >= 0.3 is 0 Å². The van der Waals surface area contributed by atoms with Crippen LogP contribution in [0.5, 0.6) is 0 Å². The molecule has 0 bridgehead atoms. The molecular formula is C25H39NO. The number of hydrogen-bond donors (Lipinski definition) is 1. The largest absolute Gasteiger partial charge is 0.454 e. The van der Waals surface area contributed by atoms with Gasteiger partial charge in [-0.1, -0.05) is 90.6 Å². The van der Waals surface area contributed by atoms with E-state index in [1.807, 2.05) is 52.8 Å². The molecule has 0 saturated carbocycles. The first-order valence-electron chi connectivity index (χ1n) is 10.3. The Bertz CT molecular complexity index is 822. The third kappa shape index (κ3) is 7.13. The number of furan rings is 1. The summed E-state index contributed by atoms with van der Waals surface area (Å²) in [5, 5.41) is 5.66. The maximum absolute atomic E-state index is 6.27. The highest BCUT2D eigenvalue weighted by molar-refractivity contribution is 5.82. The number of hydrogen-bond acceptors (Lipinski definition) is 2. The zero-order valence-electron chi connectivity index (χ0n) is 18.6. The zero-order valence-corrected chi connectivity index (χ0v) is 18.6. The van der Waals surface area contributed by atoms with Crippen LogP contribution in [-0.2, 0) is 6.42 Å². The van der Waals surface area contributed by atoms with E-state index in [2.05, 4.69) is 56.9 Å². The topological polar surface area (TPSA) is 25.2 Å². The molecule has 2 heteroatoms. The second kappa shape index (κ2) is 13.9. The first-order valence-corrected chi connectivity index (χ1v) is 10.3. The van der Waals surface area contributed by atoms with Crippen molar-refractivity contribution in [3.63, 3.8) is 0 Å². The van der Waals surface area contributed by atoms with Gasteiger partial charge in [-0.3, -0.25) is 0 Å². The molecule has 0 fully saturated rings. The predicted octanol–water partition coefficient (Wildman–Crippen LogP) is 5.94. The number of fused-ring (bicyclic) bond motifs is 1. The van der Waals surface area contributed by atoms with Gasteiger partial charge < -0.3 is 9.73 Å². The van der Waals surface area contributed by atoms with Crippen LogP contribution in [0.2, 0.25) is 0 Å². The molecule has 0 aliphatic rings. The number of benzene rings is 1. The molecule has 1 aromatic heterocycles. The summed E-state index contributed by atoms with van der Waals surface area (Å²) >= 11 is 0. The highest BCUT2D eigenvalue weighted by atomic mass is 16.3. The van der Waals surface area contributed by atoms with Crippen molar-refractivity contribution in [2.24, 2.45) is 5.92 Å². The minimum Gasteiger partial charge on any atom is -0.454 e. The number of allylic oxidation sites excluding steroid dienone is 2. The average Bonchev–Trinajstić information content (AvgIpc) is 3.05. The number of para-hydroxylation sites is 1. The summed E-state index contributed by atoms with van der Waals surface area (Å²) in [7, 11) is 0. The molecule has 0 spiro atoms. The smallest absolute Gasteiger partial charge is 0.154 e. The average molecular weight is 370 g/mol. The van der Waals surface area contributed by atoms with Gasteiger partial charge in [0.25, 0.3) is 0 Å². The zero-order chi connectivity index (χ0) is 20.8. The van der Waals surface area contributed by atoms with Gasteiger partial charge in [-0.05, 0) is 31.7 Å². The Morgan fingerprint density at radius 3 is 2.41 bits per heavy atom. The molecule has 0 aliphatic carbocycles. The second-order valence-corrected chi connectivity index (χ2v) is 6.21. The van der Waals surface area contributed by atoms with Gasteiger partial charge in [-0.15, -0.1) is 0 Å². The molecule has 1 N–H and O–H groups in total. The molecule has 0 aliphatic heterocycles. The molecule has 0 atom stereocenters. The quantitative estimate of drug-likeness (QED) is 0.637. The molecule has 2 rings (SSSR count). The molecule has 0 radical (unpaired) electrons. The molecule has 0 saturated heterocycles. The Labute approximate surface area is 166 Å². The SMILES string of the molecule is C=C/C=c1\c(=C(/C)NC/C=C\C)oc2c(CC(C)C)cccc12.CC.CC. The van der Waals surface area contributed by atoms with E-state index in [0.29, 0.717) is 5.92 Å². The highest BCUT2D eigenvalue weighted by Gasteiger charge is 2.10. The highest BCUT2D eigenvalue weighted by Crippen LogP contribution is 2.18. The van der Waals surface area contributed by atoms with Gasteiger partial charge in [-0.2, -0.15) is 0 Å². The number of nitrogens with one attached hydrogen (secondary N) is 1. The monoisotopic (exact) mass is 369 g/mol. The standard InChI is InChI=1S/C21H27NO.2C2H6/c1-6-8-13-22-16(5)20-18(10-7-2)19-12-9-11-17(14-15(3)4)21(19)23-20;2*1-2/h6-12,15,22H,2,13-14H2,1,3-5H3;2*1-2H3/b8-6-,18-10-,20-16-;;. The van der Waals surface area contributed by atoms with Gasteiger partial charge in [0.2, 0.25) is 0 Å². The molecule has 2 nitrogen and oxygen atoms in total. The fourth-order valence-corrected chi connectivity index (χ4v) is 2.77. The fourth-order valence-electron chi connectivity index (χ4n) is 2.77. The van der Waals surface area contributed by atoms with Crippen molar-refractivity contribution in [2.45, 2.75) is 61.8 Å². The van der Waals surface area contributed by atoms with Crippen molar-refractivity contribution in [1.29, 1.82) is 0 Å². The van der Waals surface area contributed by atoms with E-state index < -0.39 is 0 Å². The maximum Gasteiger partial charge on any atom is 0.154 e. The van der Waals surface area contributed by atoms with Crippen molar-refractivity contribution in [3.05, 3.63) is 59.2 Å². The molecule has 0 unspecified atom stereocenters. The lowest BCUT2D eigenvalue weighted by atomic mass is 10.0. The van der Waals surface area contributed by atoms with Crippen LogP contribution in [0.25, 0.3) is 22.7 Å². The van der Waals surface area contributed by atoms with E-state index in [-0.39, 0.29) is 0 Å². The first-order chi connectivity index (χ1) is 13.1. The van der Waals surface area contributed by atoms with E-state index in [0.717, 1.165) is 40.3 Å². The van der Waals surface area contributed by atoms with Crippen LogP contribution in [0.1, 0.15) is 61.0 Å². The van der Waals surface area contributed by atoms with Crippen molar-refractivity contribution < 1.29 is 4.42 Å². The molecule has 2 aromatic rings. The lowest BCUT2D eigenvalue weighted by Crippen LogP contribution is -2.28. The minimum atomic E-state index is 0.596. The van der Waals surface area contributed by atoms with Gasteiger partial charge in [0, 0.05) is 17.1 Å². The lowest BCUT2D eigenvalue weighted by Gasteiger charge is -2.04. The van der Waals surface area contributed by atoms with Crippen molar-refractivity contribution >= 4 is 22.7 Å². The van der Waals surface area contributed by atoms with Crippen LogP contribution in [-0.4, -0.2) is 6.54 Å². The van der Waals surface area contributed by atoms with Crippen LogP contribution < -0.4 is 16.0 Å². The van der Waals surface area contributed by atoms with Crippen molar-refractivity contribution in [2.75, 3.05) is 6.54 Å². The van der Waals surface area contributed by atoms with Gasteiger partial charge in [0.05, 0.1) is 5.70 Å². The Kier molecular flexibility index (Phi) is 12.8. The van der Waals surface area contributed by atoms with E-state index in [1.54, 1.807) is 0 Å². The fraction of sp³-hybridized carbons (Fsp3) is 0.440. The molecule has 1 aromatic carbocycles. The summed E-state index contributed by atoms with van der Waals surface area (Å²) < 4.78 is 6.27. The van der Waals surface area contributed by atoms with E-state index in [1.165, 1.54) is 5.56 Å². The van der Waals surface area contributed by atoms with Gasteiger partial charge in [0.1, 0.15) is 5.58 Å². The van der Waals surface area contributed by atoms with Crippen LogP contribution in [0.4, 0.5) is 0 Å². The maximum atomic E-state index is 6.27. The van der Waals surface area contributed by atoms with Crippen LogP contribution in [0.15, 0.2) is 47.4 Å². The van der Waals surface area contributed by atoms with Crippen LogP contribution >= 0.6 is 0 Å². The van der Waals surface area contributed by atoms with Gasteiger partial charge in [-0.25, -0.2) is 0 Å². The molecule has 27 heavy (non-hydrogen) atoms. The first kappa shape index (κ1) is 24.8. The van der Waals surface area contributed by atoms with Crippen LogP contribution in [0, 0.1) is 5.92 Å². The molecule has 150 valence electrons. The summed E-state index contributed by atoms with van der Waals surface area (Å²) in [6, 6.07) is 6.40. The van der Waals surface area contributed by atoms with Crippen LogP contribution in [0.3, 0.4) is 0 Å². The third-order valence-corrected chi connectivity index (χ3v) is 3.81. The van der Waals surface area contributed by atoms with Crippen molar-refractivity contribution in [3.8, 4) is 0 Å². The third-order valence-electron chi connectivity index (χ3n) is 3.81. The minimum absolute atomic E-state index is 0.596. The summed E-state index contributed by atoms with van der Waals surface area (Å²) in [4.78, 5) is 0. The van der Waals surface area contributed by atoms with E-state index in [4.69, 9.17) is 4.42 Å². The Balaban J connectivity index is 0.00000158. The summed E-state index contributed by atoms with van der Waals surface area (Å²) in [6.07, 6.45) is 9.00. The summed E-state index contributed by atoms with van der Waals surface area (Å²) in [5.41, 5.74) is 4.21. The van der Waals surface area contributed by atoms with E-state index >= 15 is 0 Å². The predicted molar refractivity (Wildman–Crippen MR) is 123 cm³/mol. The summed E-state index contributed by atoms with van der Waals surface area (Å²) in [6.45, 7) is 21.2. The Morgan fingerprint density at radius 2 is 1.85 bits per heavy atom. The normalized spacial score (nSPS) is 12.4. The van der Waals surface area contributed by atoms with Crippen molar-refractivity contribution in [1.82, 2.24) is 5.32 Å². The van der Waals surface area contributed by atoms with Gasteiger partial charge in [0.15, 0.2) is 5.42 Å². The number of rotatable bonds is 6. The van der Waals surface area contributed by atoms with E-state index in [9.17, 15) is 0 Å². The Morgan fingerprint density at radius 1 is 1.19 bits per heavy atom. The Hall–Kier alpha value is -2.22. The lowest BCUT2D eigenvalue weighted by molar-refractivity contribution is 0.556.